The number of alkyl carbamates (subject to hydrolysis) is 1. The first-order valence-corrected chi connectivity index (χ1v) is 5.60. The van der Waals surface area contributed by atoms with Gasteiger partial charge in [0.25, 0.3) is 0 Å². The quantitative estimate of drug-likeness (QED) is 0.587. The van der Waals surface area contributed by atoms with Crippen LogP contribution in [0.2, 0.25) is 0 Å². The minimum atomic E-state index is -0.486. The van der Waals surface area contributed by atoms with E-state index >= 15 is 0 Å². The molecule has 0 aliphatic rings. The normalized spacial score (nSPS) is 10.6. The summed E-state index contributed by atoms with van der Waals surface area (Å²) in [6.45, 7) is 9.87. The molecule has 0 aromatic rings. The van der Waals surface area contributed by atoms with Crippen LogP contribution in [0.15, 0.2) is 12.7 Å². The van der Waals surface area contributed by atoms with Crippen molar-refractivity contribution in [2.24, 2.45) is 0 Å². The van der Waals surface area contributed by atoms with Gasteiger partial charge in [-0.2, -0.15) is 0 Å². The van der Waals surface area contributed by atoms with E-state index in [1.807, 2.05) is 20.8 Å². The summed E-state index contributed by atoms with van der Waals surface area (Å²) >= 11 is 0. The first-order chi connectivity index (χ1) is 7.76. The average molecular weight is 242 g/mol. The maximum Gasteiger partial charge on any atom is 0.407 e. The van der Waals surface area contributed by atoms with Crippen molar-refractivity contribution in [3.05, 3.63) is 12.7 Å². The van der Waals surface area contributed by atoms with E-state index in [0.29, 0.717) is 19.5 Å². The van der Waals surface area contributed by atoms with Crippen LogP contribution in [0.4, 0.5) is 4.79 Å². The van der Waals surface area contributed by atoms with Crippen LogP contribution >= 0.6 is 0 Å². The van der Waals surface area contributed by atoms with E-state index in [4.69, 9.17) is 4.74 Å². The van der Waals surface area contributed by atoms with E-state index in [1.54, 1.807) is 11.9 Å². The Kier molecular flexibility index (Phi) is 6.31. The second kappa shape index (κ2) is 6.93. The standard InChI is InChI=1S/C12H22N2O3/c1-6-10(15)14(5)9-7-8-13-11(16)17-12(2,3)4/h6H,1,7-9H2,2-5H3,(H,13,16). The summed E-state index contributed by atoms with van der Waals surface area (Å²) in [6, 6.07) is 0. The van der Waals surface area contributed by atoms with Gasteiger partial charge in [0.2, 0.25) is 5.91 Å². The van der Waals surface area contributed by atoms with Crippen molar-refractivity contribution in [3.8, 4) is 0 Å². The average Bonchev–Trinajstić information content (AvgIpc) is 2.20. The zero-order chi connectivity index (χ0) is 13.5. The minimum absolute atomic E-state index is 0.123. The van der Waals surface area contributed by atoms with E-state index < -0.39 is 11.7 Å². The molecule has 0 bridgehead atoms. The summed E-state index contributed by atoms with van der Waals surface area (Å²) < 4.78 is 5.07. The molecule has 0 fully saturated rings. The zero-order valence-corrected chi connectivity index (χ0v) is 11.1. The number of likely N-dealkylation sites (N-methyl/N-ethyl adjacent to an activating group) is 1. The highest BCUT2D eigenvalue weighted by molar-refractivity contribution is 5.86. The SMILES string of the molecule is C=CC(=O)N(C)CCCNC(=O)OC(C)(C)C. The van der Waals surface area contributed by atoms with Gasteiger partial charge in [0.05, 0.1) is 0 Å². The van der Waals surface area contributed by atoms with Crippen LogP contribution in [0.3, 0.4) is 0 Å². The van der Waals surface area contributed by atoms with Crippen molar-refractivity contribution < 1.29 is 14.3 Å². The lowest BCUT2D eigenvalue weighted by atomic mass is 10.2. The van der Waals surface area contributed by atoms with Gasteiger partial charge in [-0.3, -0.25) is 4.79 Å². The van der Waals surface area contributed by atoms with Crippen LogP contribution in [0.1, 0.15) is 27.2 Å². The maximum atomic E-state index is 11.3. The summed E-state index contributed by atoms with van der Waals surface area (Å²) in [7, 11) is 1.69. The number of nitrogens with zero attached hydrogens (tertiary/aromatic N) is 1. The third kappa shape index (κ3) is 8.30. The van der Waals surface area contributed by atoms with Gasteiger partial charge in [-0.05, 0) is 33.3 Å². The number of hydrogen-bond donors (Lipinski definition) is 1. The predicted octanol–water partition coefficient (Wildman–Crippen LogP) is 1.55. The van der Waals surface area contributed by atoms with Crippen LogP contribution < -0.4 is 5.32 Å². The van der Waals surface area contributed by atoms with Gasteiger partial charge in [0.15, 0.2) is 0 Å². The Balaban J connectivity index is 3.68. The number of rotatable bonds is 5. The van der Waals surface area contributed by atoms with Crippen LogP contribution in [0, 0.1) is 0 Å². The van der Waals surface area contributed by atoms with E-state index in [-0.39, 0.29) is 5.91 Å². The van der Waals surface area contributed by atoms with Crippen LogP contribution in [-0.2, 0) is 9.53 Å². The number of ether oxygens (including phenoxy) is 1. The summed E-state index contributed by atoms with van der Waals surface area (Å²) in [5.41, 5.74) is -0.486. The fourth-order valence-corrected chi connectivity index (χ4v) is 1.09. The minimum Gasteiger partial charge on any atom is -0.444 e. The molecule has 0 heterocycles. The van der Waals surface area contributed by atoms with E-state index in [2.05, 4.69) is 11.9 Å². The lowest BCUT2D eigenvalue weighted by molar-refractivity contribution is -0.124. The highest BCUT2D eigenvalue weighted by Crippen LogP contribution is 2.06. The molecule has 0 radical (unpaired) electrons. The number of carbonyl (C=O) groups is 2. The van der Waals surface area contributed by atoms with Crippen LogP contribution in [0.25, 0.3) is 0 Å². The summed E-state index contributed by atoms with van der Waals surface area (Å²) in [4.78, 5) is 23.9. The largest absolute Gasteiger partial charge is 0.444 e. The molecule has 2 amide bonds. The highest BCUT2D eigenvalue weighted by atomic mass is 16.6. The molecule has 0 atom stereocenters. The fourth-order valence-electron chi connectivity index (χ4n) is 1.09. The van der Waals surface area contributed by atoms with Crippen LogP contribution in [-0.4, -0.2) is 42.6 Å². The van der Waals surface area contributed by atoms with Gasteiger partial charge < -0.3 is 15.0 Å². The molecule has 0 saturated carbocycles. The van der Waals surface area contributed by atoms with Crippen molar-refractivity contribution in [3.63, 3.8) is 0 Å². The number of hydrogen-bond acceptors (Lipinski definition) is 3. The molecule has 0 aromatic carbocycles. The molecule has 0 aliphatic heterocycles. The third-order valence-corrected chi connectivity index (χ3v) is 1.89. The smallest absolute Gasteiger partial charge is 0.407 e. The van der Waals surface area contributed by atoms with Gasteiger partial charge in [-0.15, -0.1) is 0 Å². The first-order valence-electron chi connectivity index (χ1n) is 5.60. The monoisotopic (exact) mass is 242 g/mol. The highest BCUT2D eigenvalue weighted by Gasteiger charge is 2.15. The Morgan fingerprint density at radius 2 is 2.00 bits per heavy atom. The molecule has 5 heteroatoms. The maximum absolute atomic E-state index is 11.3. The van der Waals surface area contributed by atoms with Crippen molar-refractivity contribution in [1.82, 2.24) is 10.2 Å². The van der Waals surface area contributed by atoms with Gasteiger partial charge in [0.1, 0.15) is 5.60 Å². The molecule has 98 valence electrons. The summed E-state index contributed by atoms with van der Waals surface area (Å²) in [6.07, 6.45) is 1.51. The molecular formula is C12H22N2O3. The van der Waals surface area contributed by atoms with Gasteiger partial charge in [-0.1, -0.05) is 6.58 Å². The molecular weight excluding hydrogens is 220 g/mol. The molecule has 17 heavy (non-hydrogen) atoms. The third-order valence-electron chi connectivity index (χ3n) is 1.89. The second-order valence-corrected chi connectivity index (χ2v) is 4.75. The van der Waals surface area contributed by atoms with Gasteiger partial charge >= 0.3 is 6.09 Å². The van der Waals surface area contributed by atoms with Crippen molar-refractivity contribution >= 4 is 12.0 Å². The van der Waals surface area contributed by atoms with Crippen molar-refractivity contribution in [2.45, 2.75) is 32.8 Å². The predicted molar refractivity (Wildman–Crippen MR) is 66.7 cm³/mol. The lowest BCUT2D eigenvalue weighted by Crippen LogP contribution is -2.34. The van der Waals surface area contributed by atoms with Gasteiger partial charge in [-0.25, -0.2) is 4.79 Å². The zero-order valence-electron chi connectivity index (χ0n) is 11.1. The molecule has 0 unspecified atom stereocenters. The van der Waals surface area contributed by atoms with E-state index in [9.17, 15) is 9.59 Å². The summed E-state index contributed by atoms with van der Waals surface area (Å²) in [5.74, 6) is -0.123. The summed E-state index contributed by atoms with van der Waals surface area (Å²) in [5, 5.41) is 2.63. The first kappa shape index (κ1) is 15.5. The fraction of sp³-hybridized carbons (Fsp3) is 0.667. The van der Waals surface area contributed by atoms with Gasteiger partial charge in [0, 0.05) is 20.1 Å². The lowest BCUT2D eigenvalue weighted by Gasteiger charge is -2.20. The Bertz CT molecular complexity index is 282. The Labute approximate surface area is 103 Å². The number of nitrogens with one attached hydrogen (secondary N) is 1. The second-order valence-electron chi connectivity index (χ2n) is 4.75. The molecule has 0 aromatic heterocycles. The van der Waals surface area contributed by atoms with E-state index in [1.165, 1.54) is 6.08 Å². The van der Waals surface area contributed by atoms with Crippen LogP contribution in [0.5, 0.6) is 0 Å². The Morgan fingerprint density at radius 1 is 1.41 bits per heavy atom. The Morgan fingerprint density at radius 3 is 2.47 bits per heavy atom. The number of amides is 2. The Hall–Kier alpha value is -1.52. The molecule has 0 spiro atoms. The molecule has 1 N–H and O–H groups in total. The van der Waals surface area contributed by atoms with Crippen molar-refractivity contribution in [1.29, 1.82) is 0 Å². The number of carbonyl (C=O) groups excluding carboxylic acids is 2. The molecule has 5 nitrogen and oxygen atoms in total. The molecule has 0 aliphatic carbocycles. The molecule has 0 rings (SSSR count). The van der Waals surface area contributed by atoms with Crippen molar-refractivity contribution in [2.75, 3.05) is 20.1 Å². The van der Waals surface area contributed by atoms with E-state index in [0.717, 1.165) is 0 Å². The topological polar surface area (TPSA) is 58.6 Å². The molecule has 0 saturated heterocycles.